The van der Waals surface area contributed by atoms with Gasteiger partial charge >= 0.3 is 0 Å². The van der Waals surface area contributed by atoms with Gasteiger partial charge in [-0.1, -0.05) is 30.3 Å². The molecular weight excluding hydrogens is 352 g/mol. The van der Waals surface area contributed by atoms with Crippen LogP contribution in [0.25, 0.3) is 10.9 Å². The van der Waals surface area contributed by atoms with Gasteiger partial charge in [-0.2, -0.15) is 0 Å². The molecule has 0 bridgehead atoms. The lowest BCUT2D eigenvalue weighted by atomic mass is 10.1. The highest BCUT2D eigenvalue weighted by atomic mass is 16.2. The molecule has 144 valence electrons. The summed E-state index contributed by atoms with van der Waals surface area (Å²) >= 11 is 0. The number of hydrogen-bond donors (Lipinski definition) is 1. The number of likely N-dealkylation sites (tertiary alicyclic amines) is 1. The molecule has 1 aromatic heterocycles. The van der Waals surface area contributed by atoms with E-state index < -0.39 is 0 Å². The van der Waals surface area contributed by atoms with E-state index in [4.69, 9.17) is 0 Å². The van der Waals surface area contributed by atoms with E-state index in [2.05, 4.69) is 39.1 Å². The fourth-order valence-corrected chi connectivity index (χ4v) is 3.99. The van der Waals surface area contributed by atoms with Crippen molar-refractivity contribution >= 4 is 16.8 Å². The Balaban J connectivity index is 1.49. The van der Waals surface area contributed by atoms with Gasteiger partial charge in [-0.25, -0.2) is 4.98 Å². The summed E-state index contributed by atoms with van der Waals surface area (Å²) < 4.78 is 0. The number of aromatic amines is 1. The third-order valence-electron chi connectivity index (χ3n) is 5.43. The van der Waals surface area contributed by atoms with Crippen LogP contribution in [0.2, 0.25) is 0 Å². The molecular formula is C22H24N4O2. The molecule has 1 amide bonds. The van der Waals surface area contributed by atoms with Crippen LogP contribution in [0, 0.1) is 0 Å². The Kier molecular flexibility index (Phi) is 5.21. The van der Waals surface area contributed by atoms with Gasteiger partial charge in [0.2, 0.25) is 0 Å². The number of rotatable bonds is 5. The summed E-state index contributed by atoms with van der Waals surface area (Å²) in [6.07, 6.45) is 2.34. The lowest BCUT2D eigenvalue weighted by molar-refractivity contribution is 0.0693. The van der Waals surface area contributed by atoms with Crippen molar-refractivity contribution in [3.05, 3.63) is 76.3 Å². The van der Waals surface area contributed by atoms with Gasteiger partial charge in [0.1, 0.15) is 0 Å². The van der Waals surface area contributed by atoms with E-state index in [1.165, 1.54) is 11.9 Å². The normalized spacial score (nSPS) is 17.1. The zero-order valence-electron chi connectivity index (χ0n) is 16.0. The molecule has 2 heterocycles. The summed E-state index contributed by atoms with van der Waals surface area (Å²) in [6, 6.07) is 15.7. The molecule has 1 unspecified atom stereocenters. The molecule has 0 radical (unpaired) electrons. The lowest BCUT2D eigenvalue weighted by Gasteiger charge is -2.28. The molecule has 0 aliphatic carbocycles. The van der Waals surface area contributed by atoms with Crippen LogP contribution in [0.3, 0.4) is 0 Å². The quantitative estimate of drug-likeness (QED) is 0.743. The molecule has 1 atom stereocenters. The molecule has 1 aliphatic rings. The maximum absolute atomic E-state index is 13.2. The standard InChI is InChI=1S/C22H24N4O2/c1-2-26(18-10-11-25(14-18)13-16-6-4-3-5-7-16)22(28)17-8-9-19-20(12-17)23-15-24-21(19)27/h3-9,12,15,18H,2,10-11,13-14H2,1H3,(H,23,24,27). The Morgan fingerprint density at radius 3 is 2.86 bits per heavy atom. The highest BCUT2D eigenvalue weighted by Gasteiger charge is 2.30. The predicted octanol–water partition coefficient (Wildman–Crippen LogP) is 2.66. The van der Waals surface area contributed by atoms with Gasteiger partial charge in [-0.05, 0) is 37.1 Å². The molecule has 4 rings (SSSR count). The molecule has 2 aromatic carbocycles. The number of nitrogens with one attached hydrogen (secondary N) is 1. The molecule has 6 heteroatoms. The smallest absolute Gasteiger partial charge is 0.258 e. The molecule has 1 fully saturated rings. The number of carbonyl (C=O) groups is 1. The fourth-order valence-electron chi connectivity index (χ4n) is 3.99. The van der Waals surface area contributed by atoms with E-state index >= 15 is 0 Å². The fraction of sp³-hybridized carbons (Fsp3) is 0.318. The van der Waals surface area contributed by atoms with Crippen LogP contribution in [-0.2, 0) is 6.54 Å². The summed E-state index contributed by atoms with van der Waals surface area (Å²) in [5.41, 5.74) is 2.23. The SMILES string of the molecule is CCN(C(=O)c1ccc2c(=O)[nH]cnc2c1)C1CCN(Cc2ccccc2)C1. The van der Waals surface area contributed by atoms with Crippen LogP contribution < -0.4 is 5.56 Å². The average Bonchev–Trinajstić information content (AvgIpc) is 3.17. The van der Waals surface area contributed by atoms with Gasteiger partial charge in [0.05, 0.1) is 17.2 Å². The van der Waals surface area contributed by atoms with E-state index in [1.807, 2.05) is 17.9 Å². The topological polar surface area (TPSA) is 69.3 Å². The first-order valence-corrected chi connectivity index (χ1v) is 9.70. The first-order valence-electron chi connectivity index (χ1n) is 9.70. The average molecular weight is 376 g/mol. The second-order valence-electron chi connectivity index (χ2n) is 7.22. The first-order chi connectivity index (χ1) is 13.7. The predicted molar refractivity (Wildman–Crippen MR) is 109 cm³/mol. The van der Waals surface area contributed by atoms with Crippen molar-refractivity contribution in [3.63, 3.8) is 0 Å². The maximum atomic E-state index is 13.2. The molecule has 1 N–H and O–H groups in total. The summed E-state index contributed by atoms with van der Waals surface area (Å²) in [5.74, 6) is -0.00181. The van der Waals surface area contributed by atoms with E-state index in [0.717, 1.165) is 26.1 Å². The molecule has 28 heavy (non-hydrogen) atoms. The Bertz CT molecular complexity index is 1030. The number of fused-ring (bicyclic) bond motifs is 1. The first kappa shape index (κ1) is 18.4. The van der Waals surface area contributed by atoms with Crippen LogP contribution in [0.15, 0.2) is 59.7 Å². The maximum Gasteiger partial charge on any atom is 0.258 e. The number of likely N-dealkylation sites (N-methyl/N-ethyl adjacent to an activating group) is 1. The van der Waals surface area contributed by atoms with Crippen molar-refractivity contribution in [2.45, 2.75) is 25.9 Å². The van der Waals surface area contributed by atoms with Gasteiger partial charge < -0.3 is 9.88 Å². The van der Waals surface area contributed by atoms with Gasteiger partial charge in [0.25, 0.3) is 11.5 Å². The summed E-state index contributed by atoms with van der Waals surface area (Å²) in [5, 5.41) is 0.497. The Hall–Kier alpha value is -2.99. The minimum absolute atomic E-state index is 0.00181. The second kappa shape index (κ2) is 7.94. The highest BCUT2D eigenvalue weighted by molar-refractivity contribution is 5.97. The van der Waals surface area contributed by atoms with Gasteiger partial charge in [0.15, 0.2) is 0 Å². The van der Waals surface area contributed by atoms with Crippen LogP contribution >= 0.6 is 0 Å². The van der Waals surface area contributed by atoms with Crippen molar-refractivity contribution in [2.24, 2.45) is 0 Å². The third kappa shape index (κ3) is 3.68. The molecule has 3 aromatic rings. The van der Waals surface area contributed by atoms with Crippen molar-refractivity contribution in [1.82, 2.24) is 19.8 Å². The van der Waals surface area contributed by atoms with Gasteiger partial charge in [-0.3, -0.25) is 14.5 Å². The largest absolute Gasteiger partial charge is 0.335 e. The van der Waals surface area contributed by atoms with Crippen molar-refractivity contribution in [1.29, 1.82) is 0 Å². The van der Waals surface area contributed by atoms with E-state index in [0.29, 0.717) is 23.0 Å². The number of H-pyrrole nitrogens is 1. The van der Waals surface area contributed by atoms with Crippen molar-refractivity contribution < 1.29 is 4.79 Å². The number of benzene rings is 2. The van der Waals surface area contributed by atoms with Crippen LogP contribution in [0.4, 0.5) is 0 Å². The zero-order valence-corrected chi connectivity index (χ0v) is 16.0. The monoisotopic (exact) mass is 376 g/mol. The van der Waals surface area contributed by atoms with Crippen molar-refractivity contribution in [2.75, 3.05) is 19.6 Å². The van der Waals surface area contributed by atoms with Crippen LogP contribution in [0.5, 0.6) is 0 Å². The number of carbonyl (C=O) groups excluding carboxylic acids is 1. The van der Waals surface area contributed by atoms with Gasteiger partial charge in [-0.15, -0.1) is 0 Å². The Labute approximate surface area is 163 Å². The summed E-state index contributed by atoms with van der Waals surface area (Å²) in [4.78, 5) is 36.1. The number of hydrogen-bond acceptors (Lipinski definition) is 4. The minimum atomic E-state index is -0.191. The van der Waals surface area contributed by atoms with Crippen LogP contribution in [-0.4, -0.2) is 51.4 Å². The highest BCUT2D eigenvalue weighted by Crippen LogP contribution is 2.21. The van der Waals surface area contributed by atoms with E-state index in [9.17, 15) is 9.59 Å². The minimum Gasteiger partial charge on any atom is -0.335 e. The number of aromatic nitrogens is 2. The molecule has 1 aliphatic heterocycles. The summed E-state index contributed by atoms with van der Waals surface area (Å²) in [7, 11) is 0. The summed E-state index contributed by atoms with van der Waals surface area (Å²) in [6.45, 7) is 5.44. The Morgan fingerprint density at radius 2 is 2.07 bits per heavy atom. The molecule has 6 nitrogen and oxygen atoms in total. The number of amides is 1. The molecule has 0 spiro atoms. The lowest BCUT2D eigenvalue weighted by Crippen LogP contribution is -2.41. The van der Waals surface area contributed by atoms with E-state index in [1.54, 1.807) is 18.2 Å². The molecule has 0 saturated carbocycles. The van der Waals surface area contributed by atoms with Crippen molar-refractivity contribution in [3.8, 4) is 0 Å². The zero-order chi connectivity index (χ0) is 19.5. The second-order valence-corrected chi connectivity index (χ2v) is 7.22. The number of nitrogens with zero attached hydrogens (tertiary/aromatic N) is 3. The molecule has 1 saturated heterocycles. The third-order valence-corrected chi connectivity index (χ3v) is 5.43. The van der Waals surface area contributed by atoms with E-state index in [-0.39, 0.29) is 17.5 Å². The Morgan fingerprint density at radius 1 is 1.25 bits per heavy atom. The van der Waals surface area contributed by atoms with Gasteiger partial charge in [0, 0.05) is 37.8 Å². The van der Waals surface area contributed by atoms with Crippen LogP contribution in [0.1, 0.15) is 29.3 Å².